The van der Waals surface area contributed by atoms with Crippen molar-refractivity contribution in [3.63, 3.8) is 0 Å². The van der Waals surface area contributed by atoms with Crippen LogP contribution in [-0.4, -0.2) is 72.9 Å². The monoisotopic (exact) mass is 474 g/mol. The number of hydrogen-bond acceptors (Lipinski definition) is 8. The van der Waals surface area contributed by atoms with Gasteiger partial charge in [-0.3, -0.25) is 14.6 Å². The van der Waals surface area contributed by atoms with Gasteiger partial charge >= 0.3 is 0 Å². The number of methoxy groups -OCH3 is 1. The maximum absolute atomic E-state index is 12.8. The van der Waals surface area contributed by atoms with E-state index in [2.05, 4.69) is 36.6 Å². The molecule has 0 unspecified atom stereocenters. The van der Waals surface area contributed by atoms with Crippen molar-refractivity contribution >= 4 is 23.1 Å². The Morgan fingerprint density at radius 2 is 1.94 bits per heavy atom. The molecular weight excluding hydrogens is 444 g/mol. The zero-order valence-corrected chi connectivity index (χ0v) is 20.5. The van der Waals surface area contributed by atoms with E-state index in [1.54, 1.807) is 37.7 Å². The summed E-state index contributed by atoms with van der Waals surface area (Å²) in [7, 11) is 7.56. The molecule has 1 N–H and O–H groups in total. The first-order chi connectivity index (χ1) is 16.8. The Morgan fingerprint density at radius 1 is 1.14 bits per heavy atom. The van der Waals surface area contributed by atoms with E-state index in [4.69, 9.17) is 4.74 Å². The van der Waals surface area contributed by atoms with Crippen molar-refractivity contribution < 1.29 is 14.3 Å². The van der Waals surface area contributed by atoms with Crippen LogP contribution in [0, 0.1) is 0 Å². The van der Waals surface area contributed by atoms with Gasteiger partial charge in [0, 0.05) is 62.3 Å². The summed E-state index contributed by atoms with van der Waals surface area (Å²) >= 11 is 0. The van der Waals surface area contributed by atoms with Gasteiger partial charge in [-0.05, 0) is 44.4 Å². The van der Waals surface area contributed by atoms with Gasteiger partial charge in [0.2, 0.25) is 11.7 Å². The SMILES string of the molecule is C=CC(=O)Nc1cc(Cc2nccc(C(=O)c3cccnc3)n2)c(OC)cc1N(C)CCN(C)C. The minimum absolute atomic E-state index is 0.231. The van der Waals surface area contributed by atoms with Gasteiger partial charge in [-0.1, -0.05) is 6.58 Å². The van der Waals surface area contributed by atoms with Crippen molar-refractivity contribution in [2.45, 2.75) is 6.42 Å². The highest BCUT2D eigenvalue weighted by Crippen LogP contribution is 2.34. The predicted molar refractivity (Wildman–Crippen MR) is 136 cm³/mol. The third kappa shape index (κ3) is 6.70. The standard InChI is InChI=1S/C26H30N6O3/c1-6-25(33)30-21-14-19(23(35-5)16-22(21)32(4)13-12-31(2)3)15-24-28-11-9-20(29-24)26(34)18-8-7-10-27-17-18/h6-11,14,16-17H,1,12-13,15H2,2-5H3,(H,30,33). The second-order valence-electron chi connectivity index (χ2n) is 8.21. The number of amides is 1. The summed E-state index contributed by atoms with van der Waals surface area (Å²) in [6.45, 7) is 5.13. The molecule has 0 saturated carbocycles. The third-order valence-electron chi connectivity index (χ3n) is 5.35. The molecule has 0 radical (unpaired) electrons. The minimum Gasteiger partial charge on any atom is -0.496 e. The second-order valence-corrected chi connectivity index (χ2v) is 8.21. The van der Waals surface area contributed by atoms with Crippen molar-refractivity contribution in [2.24, 2.45) is 0 Å². The summed E-state index contributed by atoms with van der Waals surface area (Å²) in [6, 6.07) is 8.71. The highest BCUT2D eigenvalue weighted by molar-refractivity contribution is 6.07. The fourth-order valence-corrected chi connectivity index (χ4v) is 3.44. The van der Waals surface area contributed by atoms with E-state index < -0.39 is 0 Å². The first-order valence-corrected chi connectivity index (χ1v) is 11.1. The van der Waals surface area contributed by atoms with Gasteiger partial charge in [-0.15, -0.1) is 0 Å². The van der Waals surface area contributed by atoms with Crippen LogP contribution >= 0.6 is 0 Å². The van der Waals surface area contributed by atoms with Crippen molar-refractivity contribution in [3.05, 3.63) is 84.2 Å². The Balaban J connectivity index is 1.95. The van der Waals surface area contributed by atoms with E-state index in [-0.39, 0.29) is 17.4 Å². The Labute approximate surface area is 205 Å². The number of benzene rings is 1. The Hall–Kier alpha value is -4.11. The molecule has 1 amide bonds. The molecule has 2 heterocycles. The molecule has 0 atom stereocenters. The number of aromatic nitrogens is 3. The lowest BCUT2D eigenvalue weighted by Crippen LogP contribution is -2.29. The summed E-state index contributed by atoms with van der Waals surface area (Å²) < 4.78 is 5.67. The maximum atomic E-state index is 12.8. The molecule has 0 aliphatic carbocycles. The summed E-state index contributed by atoms with van der Waals surface area (Å²) in [6.07, 6.45) is 6.20. The molecule has 35 heavy (non-hydrogen) atoms. The Kier molecular flexibility index (Phi) is 8.63. The Bertz CT molecular complexity index is 1200. The molecule has 0 fully saturated rings. The van der Waals surface area contributed by atoms with Gasteiger partial charge in [0.15, 0.2) is 0 Å². The van der Waals surface area contributed by atoms with Gasteiger partial charge in [0.1, 0.15) is 17.3 Å². The molecule has 9 heteroatoms. The summed E-state index contributed by atoms with van der Waals surface area (Å²) in [4.78, 5) is 41.9. The van der Waals surface area contributed by atoms with Crippen molar-refractivity contribution in [1.29, 1.82) is 0 Å². The number of hydrogen-bond donors (Lipinski definition) is 1. The number of rotatable bonds is 11. The number of likely N-dealkylation sites (N-methyl/N-ethyl adjacent to an activating group) is 2. The molecule has 0 aliphatic rings. The third-order valence-corrected chi connectivity index (χ3v) is 5.35. The number of ketones is 1. The fraction of sp³-hybridized carbons (Fsp3) is 0.269. The number of pyridine rings is 1. The van der Waals surface area contributed by atoms with Gasteiger partial charge in [0.05, 0.1) is 18.5 Å². The average molecular weight is 475 g/mol. The summed E-state index contributed by atoms with van der Waals surface area (Å²) in [5.41, 5.74) is 2.93. The van der Waals surface area contributed by atoms with Gasteiger partial charge < -0.3 is 19.9 Å². The van der Waals surface area contributed by atoms with Crippen LogP contribution in [-0.2, 0) is 11.2 Å². The van der Waals surface area contributed by atoms with E-state index in [1.165, 1.54) is 12.3 Å². The van der Waals surface area contributed by atoms with Crippen LogP contribution in [0.3, 0.4) is 0 Å². The molecule has 0 aliphatic heterocycles. The number of nitrogens with one attached hydrogen (secondary N) is 1. The molecule has 2 aromatic heterocycles. The van der Waals surface area contributed by atoms with E-state index in [0.29, 0.717) is 29.2 Å². The molecule has 3 rings (SSSR count). The molecule has 182 valence electrons. The summed E-state index contributed by atoms with van der Waals surface area (Å²) in [5.74, 6) is 0.530. The van der Waals surface area contributed by atoms with Crippen molar-refractivity contribution in [2.75, 3.05) is 51.6 Å². The van der Waals surface area contributed by atoms with Crippen LogP contribution in [0.5, 0.6) is 5.75 Å². The number of carbonyl (C=O) groups excluding carboxylic acids is 2. The van der Waals surface area contributed by atoms with Crippen LogP contribution in [0.2, 0.25) is 0 Å². The topological polar surface area (TPSA) is 101 Å². The van der Waals surface area contributed by atoms with E-state index in [0.717, 1.165) is 24.3 Å². The lowest BCUT2D eigenvalue weighted by Gasteiger charge is -2.25. The fourth-order valence-electron chi connectivity index (χ4n) is 3.44. The normalized spacial score (nSPS) is 10.7. The van der Waals surface area contributed by atoms with Crippen molar-refractivity contribution in [1.82, 2.24) is 19.9 Å². The molecular formula is C26H30N6O3. The van der Waals surface area contributed by atoms with E-state index >= 15 is 0 Å². The zero-order valence-electron chi connectivity index (χ0n) is 20.5. The van der Waals surface area contributed by atoms with Crippen LogP contribution in [0.1, 0.15) is 27.4 Å². The Morgan fingerprint density at radius 3 is 2.60 bits per heavy atom. The van der Waals surface area contributed by atoms with Gasteiger partial charge in [-0.2, -0.15) is 0 Å². The minimum atomic E-state index is -0.316. The van der Waals surface area contributed by atoms with Crippen LogP contribution in [0.4, 0.5) is 11.4 Å². The average Bonchev–Trinajstić information content (AvgIpc) is 2.87. The molecule has 0 bridgehead atoms. The number of carbonyl (C=O) groups is 2. The van der Waals surface area contributed by atoms with Crippen LogP contribution in [0.25, 0.3) is 0 Å². The maximum Gasteiger partial charge on any atom is 0.247 e. The molecule has 9 nitrogen and oxygen atoms in total. The van der Waals surface area contributed by atoms with E-state index in [9.17, 15) is 9.59 Å². The number of anilines is 2. The molecule has 0 saturated heterocycles. The summed E-state index contributed by atoms with van der Waals surface area (Å²) in [5, 5.41) is 2.89. The molecule has 3 aromatic rings. The van der Waals surface area contributed by atoms with Gasteiger partial charge in [0.25, 0.3) is 0 Å². The van der Waals surface area contributed by atoms with Crippen LogP contribution < -0.4 is 15.0 Å². The smallest absolute Gasteiger partial charge is 0.247 e. The predicted octanol–water partition coefficient (Wildman–Crippen LogP) is 2.82. The first kappa shape index (κ1) is 25.5. The molecule has 0 spiro atoms. The highest BCUT2D eigenvalue weighted by atomic mass is 16.5. The van der Waals surface area contributed by atoms with Crippen LogP contribution in [0.15, 0.2) is 61.6 Å². The van der Waals surface area contributed by atoms with Crippen molar-refractivity contribution in [3.8, 4) is 5.75 Å². The quantitative estimate of drug-likeness (QED) is 0.335. The number of nitrogens with zero attached hydrogens (tertiary/aromatic N) is 5. The first-order valence-electron chi connectivity index (χ1n) is 11.1. The molecule has 1 aromatic carbocycles. The largest absolute Gasteiger partial charge is 0.496 e. The zero-order chi connectivity index (χ0) is 25.4. The highest BCUT2D eigenvalue weighted by Gasteiger charge is 2.18. The lowest BCUT2D eigenvalue weighted by atomic mass is 10.1. The van der Waals surface area contributed by atoms with Gasteiger partial charge in [-0.25, -0.2) is 9.97 Å². The number of ether oxygens (including phenoxy) is 1. The second kappa shape index (κ2) is 11.8. The van der Waals surface area contributed by atoms with E-state index in [1.807, 2.05) is 33.3 Å². The lowest BCUT2D eigenvalue weighted by molar-refractivity contribution is -0.111.